The molecule has 1 aromatic carbocycles. The molecule has 0 fully saturated rings. The number of methoxy groups -OCH3 is 1. The fraction of sp³-hybridized carbons (Fsp3) is 0.364. The van der Waals surface area contributed by atoms with Crippen molar-refractivity contribution < 1.29 is 9.84 Å². The summed E-state index contributed by atoms with van der Waals surface area (Å²) in [6.45, 7) is 3.50. The maximum Gasteiger partial charge on any atom is 0.138 e. The van der Waals surface area contributed by atoms with E-state index in [1.54, 1.807) is 26.0 Å². The van der Waals surface area contributed by atoms with Gasteiger partial charge in [-0.25, -0.2) is 0 Å². The molecule has 0 spiro atoms. The van der Waals surface area contributed by atoms with Crippen molar-refractivity contribution in [2.24, 2.45) is 0 Å². The topological polar surface area (TPSA) is 53.2 Å². The van der Waals surface area contributed by atoms with Crippen LogP contribution in [-0.4, -0.2) is 12.2 Å². The van der Waals surface area contributed by atoms with Gasteiger partial charge in [-0.15, -0.1) is 0 Å². The van der Waals surface area contributed by atoms with Gasteiger partial charge < -0.3 is 9.84 Å². The van der Waals surface area contributed by atoms with Gasteiger partial charge in [0.05, 0.1) is 18.6 Å². The molecule has 1 rings (SSSR count). The van der Waals surface area contributed by atoms with E-state index in [9.17, 15) is 5.11 Å². The minimum absolute atomic E-state index is 0.0564. The fourth-order valence-corrected chi connectivity index (χ4v) is 1.78. The van der Waals surface area contributed by atoms with E-state index in [4.69, 9.17) is 10.00 Å². The molecule has 0 radical (unpaired) electrons. The van der Waals surface area contributed by atoms with E-state index in [2.05, 4.69) is 22.0 Å². The summed E-state index contributed by atoms with van der Waals surface area (Å²) in [5, 5.41) is 18.9. The average molecular weight is 270 g/mol. The zero-order valence-corrected chi connectivity index (χ0v) is 10.4. The Balaban J connectivity index is 3.38. The van der Waals surface area contributed by atoms with Crippen LogP contribution in [0.4, 0.5) is 0 Å². The van der Waals surface area contributed by atoms with Crippen molar-refractivity contribution in [3.8, 4) is 17.6 Å². The monoisotopic (exact) mass is 269 g/mol. The molecule has 0 aliphatic rings. The molecular formula is C11H12BrNO2. The van der Waals surface area contributed by atoms with Gasteiger partial charge in [0.1, 0.15) is 16.0 Å². The first-order valence-electron chi connectivity index (χ1n) is 4.41. The van der Waals surface area contributed by atoms with E-state index >= 15 is 0 Å². The molecule has 4 heteroatoms. The summed E-state index contributed by atoms with van der Waals surface area (Å²) in [6.07, 6.45) is 0. The normalized spacial score (nSPS) is 10.9. The molecule has 1 N–H and O–H groups in total. The van der Waals surface area contributed by atoms with Crippen molar-refractivity contribution in [3.63, 3.8) is 0 Å². The van der Waals surface area contributed by atoms with Crippen LogP contribution in [0.1, 0.15) is 19.4 Å². The van der Waals surface area contributed by atoms with Crippen LogP contribution >= 0.6 is 15.9 Å². The third-order valence-corrected chi connectivity index (χ3v) is 3.02. The van der Waals surface area contributed by atoms with E-state index in [0.717, 1.165) is 0 Å². The molecule has 0 amide bonds. The van der Waals surface area contributed by atoms with Crippen molar-refractivity contribution >= 4 is 15.9 Å². The lowest BCUT2D eigenvalue weighted by atomic mass is 9.85. The van der Waals surface area contributed by atoms with Gasteiger partial charge in [0.25, 0.3) is 0 Å². The van der Waals surface area contributed by atoms with Crippen LogP contribution in [0.15, 0.2) is 16.6 Å². The quantitative estimate of drug-likeness (QED) is 0.898. The Hall–Kier alpha value is -1.21. The lowest BCUT2D eigenvalue weighted by Crippen LogP contribution is -2.14. The highest BCUT2D eigenvalue weighted by Gasteiger charge is 2.25. The van der Waals surface area contributed by atoms with Crippen LogP contribution in [0, 0.1) is 11.3 Å². The van der Waals surface area contributed by atoms with E-state index in [0.29, 0.717) is 15.8 Å². The molecule has 0 atom stereocenters. The number of benzene rings is 1. The van der Waals surface area contributed by atoms with Gasteiger partial charge in [-0.05, 0) is 41.9 Å². The SMILES string of the molecule is COc1ccc(C(C)(C)C#N)c(O)c1Br. The molecule has 3 nitrogen and oxygen atoms in total. The molecule has 0 saturated carbocycles. The Bertz CT molecular complexity index is 421. The smallest absolute Gasteiger partial charge is 0.138 e. The maximum atomic E-state index is 9.90. The molecule has 0 aromatic heterocycles. The Morgan fingerprint density at radius 1 is 1.47 bits per heavy atom. The molecule has 0 heterocycles. The molecular weight excluding hydrogens is 258 g/mol. The summed E-state index contributed by atoms with van der Waals surface area (Å²) in [7, 11) is 1.52. The Morgan fingerprint density at radius 2 is 2.07 bits per heavy atom. The van der Waals surface area contributed by atoms with Crippen molar-refractivity contribution in [1.29, 1.82) is 5.26 Å². The third-order valence-electron chi connectivity index (χ3n) is 2.25. The van der Waals surface area contributed by atoms with Crippen LogP contribution in [0.2, 0.25) is 0 Å². The predicted molar refractivity (Wildman–Crippen MR) is 61.0 cm³/mol. The number of halogens is 1. The molecule has 0 aliphatic heterocycles. The van der Waals surface area contributed by atoms with Crippen LogP contribution in [0.5, 0.6) is 11.5 Å². The number of hydrogen-bond donors (Lipinski definition) is 1. The van der Waals surface area contributed by atoms with Crippen LogP contribution in [-0.2, 0) is 5.41 Å². The summed E-state index contributed by atoms with van der Waals surface area (Å²) >= 11 is 3.23. The second-order valence-corrected chi connectivity index (χ2v) is 4.51. The lowest BCUT2D eigenvalue weighted by Gasteiger charge is -2.19. The van der Waals surface area contributed by atoms with Gasteiger partial charge in [-0.3, -0.25) is 0 Å². The van der Waals surface area contributed by atoms with Gasteiger partial charge in [0.2, 0.25) is 0 Å². The van der Waals surface area contributed by atoms with E-state index in [1.165, 1.54) is 7.11 Å². The number of phenolic OH excluding ortho intramolecular Hbond substituents is 1. The zero-order chi connectivity index (χ0) is 11.6. The summed E-state index contributed by atoms with van der Waals surface area (Å²) in [6, 6.07) is 5.56. The maximum absolute atomic E-state index is 9.90. The third kappa shape index (κ3) is 2.07. The highest BCUT2D eigenvalue weighted by Crippen LogP contribution is 2.41. The van der Waals surface area contributed by atoms with E-state index in [1.807, 2.05) is 0 Å². The molecule has 0 unspecified atom stereocenters. The Morgan fingerprint density at radius 3 is 2.53 bits per heavy atom. The minimum Gasteiger partial charge on any atom is -0.506 e. The van der Waals surface area contributed by atoms with Crippen LogP contribution < -0.4 is 4.74 Å². The predicted octanol–water partition coefficient (Wildman–Crippen LogP) is 2.96. The van der Waals surface area contributed by atoms with Crippen molar-refractivity contribution in [2.75, 3.05) is 7.11 Å². The first kappa shape index (κ1) is 11.9. The molecule has 0 aliphatic carbocycles. The number of aromatic hydroxyl groups is 1. The van der Waals surface area contributed by atoms with Crippen LogP contribution in [0.25, 0.3) is 0 Å². The number of nitrogens with zero attached hydrogens (tertiary/aromatic N) is 1. The molecule has 0 bridgehead atoms. The number of hydrogen-bond acceptors (Lipinski definition) is 3. The summed E-state index contributed by atoms with van der Waals surface area (Å²) < 4.78 is 5.51. The second kappa shape index (κ2) is 4.11. The average Bonchev–Trinajstić information content (AvgIpc) is 2.21. The highest BCUT2D eigenvalue weighted by molar-refractivity contribution is 9.10. The molecule has 1 aromatic rings. The number of ether oxygens (including phenoxy) is 1. The van der Waals surface area contributed by atoms with E-state index in [-0.39, 0.29) is 5.75 Å². The summed E-state index contributed by atoms with van der Waals surface area (Å²) in [5.41, 5.74) is -0.142. The highest BCUT2D eigenvalue weighted by atomic mass is 79.9. The second-order valence-electron chi connectivity index (χ2n) is 3.71. The first-order valence-corrected chi connectivity index (χ1v) is 5.20. The fourth-order valence-electron chi connectivity index (χ4n) is 1.27. The Kier molecular flexibility index (Phi) is 3.25. The van der Waals surface area contributed by atoms with Gasteiger partial charge in [-0.1, -0.05) is 0 Å². The van der Waals surface area contributed by atoms with Gasteiger partial charge in [-0.2, -0.15) is 5.26 Å². The van der Waals surface area contributed by atoms with Gasteiger partial charge in [0.15, 0.2) is 0 Å². The van der Waals surface area contributed by atoms with Gasteiger partial charge in [0, 0.05) is 5.56 Å². The van der Waals surface area contributed by atoms with Crippen molar-refractivity contribution in [1.82, 2.24) is 0 Å². The lowest BCUT2D eigenvalue weighted by molar-refractivity contribution is 0.400. The van der Waals surface area contributed by atoms with Gasteiger partial charge >= 0.3 is 0 Å². The number of phenols is 1. The van der Waals surface area contributed by atoms with Crippen LogP contribution in [0.3, 0.4) is 0 Å². The largest absolute Gasteiger partial charge is 0.506 e. The minimum atomic E-state index is -0.723. The molecule has 0 saturated heterocycles. The zero-order valence-electron chi connectivity index (χ0n) is 8.84. The van der Waals surface area contributed by atoms with E-state index < -0.39 is 5.41 Å². The van der Waals surface area contributed by atoms with Crippen molar-refractivity contribution in [2.45, 2.75) is 19.3 Å². The first-order chi connectivity index (χ1) is 6.94. The molecule has 15 heavy (non-hydrogen) atoms. The molecule has 80 valence electrons. The Labute approximate surface area is 97.4 Å². The number of nitriles is 1. The van der Waals surface area contributed by atoms with Crippen molar-refractivity contribution in [3.05, 3.63) is 22.2 Å². The standard InChI is InChI=1S/C11H12BrNO2/c1-11(2,6-13)7-4-5-8(15-3)9(12)10(7)14/h4-5,14H,1-3H3. The summed E-state index contributed by atoms with van der Waals surface area (Å²) in [5.74, 6) is 0.603. The summed E-state index contributed by atoms with van der Waals surface area (Å²) in [4.78, 5) is 0. The number of rotatable bonds is 2.